The van der Waals surface area contributed by atoms with Crippen LogP contribution in [0.5, 0.6) is 0 Å². The second-order valence-electron chi connectivity index (χ2n) is 2.47. The second-order valence-corrected chi connectivity index (χ2v) is 2.47. The maximum atomic E-state index is 5.05. The van der Waals surface area contributed by atoms with Crippen molar-refractivity contribution in [1.29, 1.82) is 0 Å². The van der Waals surface area contributed by atoms with E-state index < -0.39 is 0 Å². The lowest BCUT2D eigenvalue weighted by Gasteiger charge is -2.29. The van der Waals surface area contributed by atoms with E-state index in [0.717, 1.165) is 0 Å². The van der Waals surface area contributed by atoms with Crippen LogP contribution in [0.2, 0.25) is 0 Å². The van der Waals surface area contributed by atoms with Crippen LogP contribution in [0, 0.1) is 0 Å². The molecule has 0 aliphatic carbocycles. The summed E-state index contributed by atoms with van der Waals surface area (Å²) < 4.78 is 10.1. The zero-order chi connectivity index (χ0) is 6.69. The van der Waals surface area contributed by atoms with Gasteiger partial charge in [0.15, 0.2) is 0 Å². The topological polar surface area (TPSA) is 21.7 Å². The molecule has 1 aliphatic heterocycles. The summed E-state index contributed by atoms with van der Waals surface area (Å²) in [6, 6.07) is 0.519. The molecule has 0 atom stereocenters. The average Bonchev–Trinajstić information content (AvgIpc) is 1.90. The Labute approximate surface area is 55.5 Å². The normalized spacial score (nSPS) is 23.0. The summed E-state index contributed by atoms with van der Waals surface area (Å²) in [5, 5.41) is 0. The van der Waals surface area contributed by atoms with Crippen molar-refractivity contribution in [3.8, 4) is 0 Å². The largest absolute Gasteiger partial charge is 0.340 e. The van der Waals surface area contributed by atoms with Gasteiger partial charge >= 0.3 is 0 Å². The molecule has 0 radical (unpaired) electrons. The molecule has 0 N–H and O–H groups in total. The molecule has 1 heterocycles. The Bertz CT molecular complexity index is 79.1. The van der Waals surface area contributed by atoms with Crippen LogP contribution in [0.1, 0.15) is 13.8 Å². The van der Waals surface area contributed by atoms with Gasteiger partial charge in [-0.05, 0) is 13.8 Å². The molecule has 0 saturated carbocycles. The first-order valence-corrected chi connectivity index (χ1v) is 3.20. The summed E-state index contributed by atoms with van der Waals surface area (Å²) in [6.07, 6.45) is 0. The van der Waals surface area contributed by atoms with Crippen molar-refractivity contribution in [1.82, 2.24) is 4.90 Å². The predicted octanol–water partition coefficient (Wildman–Crippen LogP) is 0.616. The molecule has 0 unspecified atom stereocenters. The molecule has 1 fully saturated rings. The first-order valence-electron chi connectivity index (χ1n) is 3.20. The summed E-state index contributed by atoms with van der Waals surface area (Å²) in [5.74, 6) is 0. The number of hydrogen-bond donors (Lipinski definition) is 0. The minimum atomic E-state index is 0.448. The maximum absolute atomic E-state index is 5.05. The van der Waals surface area contributed by atoms with E-state index >= 15 is 0 Å². The van der Waals surface area contributed by atoms with E-state index in [-0.39, 0.29) is 0 Å². The highest BCUT2D eigenvalue weighted by molar-refractivity contribution is 4.54. The Hall–Kier alpha value is -0.120. The van der Waals surface area contributed by atoms with Gasteiger partial charge in [-0.15, -0.1) is 0 Å². The molecular formula is C6H13NO2. The van der Waals surface area contributed by atoms with E-state index in [9.17, 15) is 0 Å². The fourth-order valence-electron chi connectivity index (χ4n) is 0.703. The van der Waals surface area contributed by atoms with Crippen LogP contribution in [0.3, 0.4) is 0 Å². The third-order valence-electron chi connectivity index (χ3n) is 1.41. The Kier molecular flexibility index (Phi) is 2.45. The van der Waals surface area contributed by atoms with Gasteiger partial charge in [0.25, 0.3) is 0 Å². The Balaban J connectivity index is 2.23. The minimum Gasteiger partial charge on any atom is -0.340 e. The summed E-state index contributed by atoms with van der Waals surface area (Å²) in [4.78, 5) is 2.11. The zero-order valence-corrected chi connectivity index (χ0v) is 5.96. The SMILES string of the molecule is CC(C)N1COCOC1. The zero-order valence-electron chi connectivity index (χ0n) is 5.96. The van der Waals surface area contributed by atoms with Crippen molar-refractivity contribution in [2.45, 2.75) is 19.9 Å². The molecule has 0 aromatic carbocycles. The van der Waals surface area contributed by atoms with Crippen LogP contribution in [-0.4, -0.2) is 31.2 Å². The van der Waals surface area contributed by atoms with Crippen molar-refractivity contribution in [3.63, 3.8) is 0 Å². The summed E-state index contributed by atoms with van der Waals surface area (Å²) in [6.45, 7) is 6.11. The number of hydrogen-bond acceptors (Lipinski definition) is 3. The van der Waals surface area contributed by atoms with Gasteiger partial charge in [0.1, 0.15) is 20.3 Å². The van der Waals surface area contributed by atoms with E-state index in [2.05, 4.69) is 18.7 Å². The molecule has 9 heavy (non-hydrogen) atoms. The maximum Gasteiger partial charge on any atom is 0.150 e. The first kappa shape index (κ1) is 6.99. The molecule has 3 heteroatoms. The van der Waals surface area contributed by atoms with Gasteiger partial charge in [0.2, 0.25) is 0 Å². The van der Waals surface area contributed by atoms with E-state index in [4.69, 9.17) is 9.47 Å². The average molecular weight is 131 g/mol. The highest BCUT2D eigenvalue weighted by atomic mass is 16.7. The second kappa shape index (κ2) is 3.15. The van der Waals surface area contributed by atoms with Gasteiger partial charge in [0.05, 0.1) is 0 Å². The first-order chi connectivity index (χ1) is 4.30. The molecule has 54 valence electrons. The minimum absolute atomic E-state index is 0.448. The highest BCUT2D eigenvalue weighted by Crippen LogP contribution is 2.02. The van der Waals surface area contributed by atoms with E-state index in [1.165, 1.54) is 0 Å². The molecule has 1 aliphatic rings. The smallest absolute Gasteiger partial charge is 0.150 e. The highest BCUT2D eigenvalue weighted by Gasteiger charge is 2.12. The van der Waals surface area contributed by atoms with Gasteiger partial charge in [-0.25, -0.2) is 0 Å². The summed E-state index contributed by atoms with van der Waals surface area (Å²) in [7, 11) is 0. The number of nitrogens with zero attached hydrogens (tertiary/aromatic N) is 1. The molecule has 0 spiro atoms. The van der Waals surface area contributed by atoms with Crippen LogP contribution in [0.4, 0.5) is 0 Å². The van der Waals surface area contributed by atoms with Crippen LogP contribution in [0.15, 0.2) is 0 Å². The van der Waals surface area contributed by atoms with E-state index in [0.29, 0.717) is 26.3 Å². The fourth-order valence-corrected chi connectivity index (χ4v) is 0.703. The third kappa shape index (κ3) is 1.93. The predicted molar refractivity (Wildman–Crippen MR) is 33.7 cm³/mol. The molecular weight excluding hydrogens is 118 g/mol. The standard InChI is InChI=1S/C6H13NO2/c1-6(2)7-3-8-5-9-4-7/h6H,3-5H2,1-2H3. The van der Waals surface area contributed by atoms with E-state index in [1.807, 2.05) is 0 Å². The van der Waals surface area contributed by atoms with Gasteiger partial charge in [-0.3, -0.25) is 4.90 Å². The van der Waals surface area contributed by atoms with Crippen LogP contribution < -0.4 is 0 Å². The number of rotatable bonds is 1. The molecule has 0 bridgehead atoms. The molecule has 0 aromatic heterocycles. The van der Waals surface area contributed by atoms with Gasteiger partial charge < -0.3 is 9.47 Å². The van der Waals surface area contributed by atoms with Gasteiger partial charge in [-0.2, -0.15) is 0 Å². The fraction of sp³-hybridized carbons (Fsp3) is 1.00. The van der Waals surface area contributed by atoms with Crippen molar-refractivity contribution in [3.05, 3.63) is 0 Å². The summed E-state index contributed by atoms with van der Waals surface area (Å²) >= 11 is 0. The lowest BCUT2D eigenvalue weighted by molar-refractivity contribution is -0.191. The third-order valence-corrected chi connectivity index (χ3v) is 1.41. The van der Waals surface area contributed by atoms with Crippen LogP contribution in [-0.2, 0) is 9.47 Å². The van der Waals surface area contributed by atoms with Crippen molar-refractivity contribution in [2.75, 3.05) is 20.3 Å². The van der Waals surface area contributed by atoms with Gasteiger partial charge in [0, 0.05) is 6.04 Å². The Morgan fingerprint density at radius 1 is 1.22 bits per heavy atom. The lowest BCUT2D eigenvalue weighted by atomic mass is 10.4. The van der Waals surface area contributed by atoms with Crippen LogP contribution >= 0.6 is 0 Å². The van der Waals surface area contributed by atoms with Crippen molar-refractivity contribution in [2.24, 2.45) is 0 Å². The Morgan fingerprint density at radius 3 is 2.11 bits per heavy atom. The van der Waals surface area contributed by atoms with Gasteiger partial charge in [-0.1, -0.05) is 0 Å². The monoisotopic (exact) mass is 131 g/mol. The number of ether oxygens (including phenoxy) is 2. The van der Waals surface area contributed by atoms with Crippen LogP contribution in [0.25, 0.3) is 0 Å². The quantitative estimate of drug-likeness (QED) is 0.520. The molecule has 0 amide bonds. The molecule has 0 aromatic rings. The van der Waals surface area contributed by atoms with Crippen molar-refractivity contribution < 1.29 is 9.47 Å². The molecule has 1 saturated heterocycles. The molecule has 3 nitrogen and oxygen atoms in total. The van der Waals surface area contributed by atoms with E-state index in [1.54, 1.807) is 0 Å². The molecule has 1 rings (SSSR count). The lowest BCUT2D eigenvalue weighted by Crippen LogP contribution is -2.39. The Morgan fingerprint density at radius 2 is 1.78 bits per heavy atom. The summed E-state index contributed by atoms with van der Waals surface area (Å²) in [5.41, 5.74) is 0. The van der Waals surface area contributed by atoms with Crippen molar-refractivity contribution >= 4 is 0 Å².